The maximum atomic E-state index is 5.37. The van der Waals surface area contributed by atoms with Gasteiger partial charge >= 0.3 is 46.5 Å². The molecule has 0 amide bonds. The van der Waals surface area contributed by atoms with Gasteiger partial charge in [0.15, 0.2) is 0 Å². The third kappa shape index (κ3) is 7.15. The average Bonchev–Trinajstić information content (AvgIpc) is 3.32. The van der Waals surface area contributed by atoms with Gasteiger partial charge in [-0.25, -0.2) is 0 Å². The van der Waals surface area contributed by atoms with Crippen LogP contribution in [0.3, 0.4) is 0 Å². The van der Waals surface area contributed by atoms with E-state index >= 15 is 0 Å². The van der Waals surface area contributed by atoms with Gasteiger partial charge in [-0.15, -0.1) is 81.2 Å². The Labute approximate surface area is 177 Å². The van der Waals surface area contributed by atoms with E-state index in [0.717, 1.165) is 12.8 Å². The van der Waals surface area contributed by atoms with Gasteiger partial charge in [-0.05, 0) is 12.8 Å². The fraction of sp³-hybridized carbons (Fsp3) is 0.208. The molecule has 0 aliphatic carbocycles. The van der Waals surface area contributed by atoms with E-state index in [-0.39, 0.29) is 0 Å². The molecule has 0 heterocycles. The van der Waals surface area contributed by atoms with Crippen LogP contribution >= 0.6 is 17.0 Å². The number of halogens is 2. The Bertz CT molecular complexity index is 848. The summed E-state index contributed by atoms with van der Waals surface area (Å²) < 4.78 is 1.89. The second-order valence-electron chi connectivity index (χ2n) is 6.27. The van der Waals surface area contributed by atoms with E-state index in [1.807, 2.05) is 10.6 Å². The van der Waals surface area contributed by atoms with Gasteiger partial charge in [0.25, 0.3) is 0 Å². The topological polar surface area (TPSA) is 0 Å². The van der Waals surface area contributed by atoms with Crippen LogP contribution in [0.5, 0.6) is 0 Å². The molecule has 0 saturated carbocycles. The van der Waals surface area contributed by atoms with Crippen molar-refractivity contribution in [3.05, 3.63) is 83.9 Å². The zero-order valence-electron chi connectivity index (χ0n) is 16.2. The van der Waals surface area contributed by atoms with Crippen molar-refractivity contribution in [1.29, 1.82) is 0 Å². The fourth-order valence-electron chi connectivity index (χ4n) is 2.84. The zero-order valence-corrected chi connectivity index (χ0v) is 20.1. The summed E-state index contributed by atoms with van der Waals surface area (Å²) >= 11 is -1.76. The SMILES string of the molecule is CCc1cc2ccccc2[cH-]1.CCc1cc2ccccc2[cH-]1.C[CH]=[Zr]([Cl])[Cl]. The van der Waals surface area contributed by atoms with Crippen molar-refractivity contribution in [2.24, 2.45) is 0 Å². The van der Waals surface area contributed by atoms with Crippen LogP contribution < -0.4 is 0 Å². The molecule has 4 aromatic rings. The minimum atomic E-state index is -1.76. The molecule has 0 spiro atoms. The number of aryl methyl sites for hydroxylation is 2. The zero-order chi connectivity index (χ0) is 19.6. The van der Waals surface area contributed by atoms with Gasteiger partial charge in [0, 0.05) is 0 Å². The predicted octanol–water partition coefficient (Wildman–Crippen LogP) is 7.98. The van der Waals surface area contributed by atoms with E-state index in [1.165, 1.54) is 32.7 Å². The molecule has 4 rings (SSSR count). The number of rotatable bonds is 2. The van der Waals surface area contributed by atoms with Gasteiger partial charge in [-0.3, -0.25) is 0 Å². The van der Waals surface area contributed by atoms with Gasteiger partial charge in [0.1, 0.15) is 0 Å². The van der Waals surface area contributed by atoms with Crippen LogP contribution in [-0.4, -0.2) is 3.71 Å². The Morgan fingerprint density at radius 2 is 1.15 bits per heavy atom. The van der Waals surface area contributed by atoms with Crippen molar-refractivity contribution >= 4 is 42.3 Å². The fourth-order valence-corrected chi connectivity index (χ4v) is 2.84. The molecule has 0 atom stereocenters. The Morgan fingerprint density at radius 1 is 0.778 bits per heavy atom. The molecule has 4 aromatic carbocycles. The van der Waals surface area contributed by atoms with Crippen molar-refractivity contribution in [1.82, 2.24) is 0 Å². The van der Waals surface area contributed by atoms with Crippen molar-refractivity contribution in [2.75, 3.05) is 0 Å². The first-order chi connectivity index (χ1) is 13.1. The first kappa shape index (κ1) is 22.3. The van der Waals surface area contributed by atoms with Crippen LogP contribution in [0.1, 0.15) is 31.9 Å². The van der Waals surface area contributed by atoms with Gasteiger partial charge in [0.2, 0.25) is 0 Å². The summed E-state index contributed by atoms with van der Waals surface area (Å²) in [7, 11) is 10.7. The number of hydrogen-bond donors (Lipinski definition) is 0. The average molecular weight is 477 g/mol. The molecular weight excluding hydrogens is 450 g/mol. The second kappa shape index (κ2) is 11.7. The van der Waals surface area contributed by atoms with E-state index < -0.39 is 18.9 Å². The van der Waals surface area contributed by atoms with Crippen LogP contribution in [0.25, 0.3) is 21.5 Å². The summed E-state index contributed by atoms with van der Waals surface area (Å²) in [5.41, 5.74) is 2.87. The molecule has 3 heteroatoms. The molecule has 27 heavy (non-hydrogen) atoms. The summed E-state index contributed by atoms with van der Waals surface area (Å²) in [5.74, 6) is 0. The summed E-state index contributed by atoms with van der Waals surface area (Å²) in [6.45, 7) is 6.28. The van der Waals surface area contributed by atoms with E-state index in [4.69, 9.17) is 17.0 Å². The monoisotopic (exact) mass is 474 g/mol. The van der Waals surface area contributed by atoms with E-state index in [9.17, 15) is 0 Å². The summed E-state index contributed by atoms with van der Waals surface area (Å²) in [4.78, 5) is 0. The Hall–Kier alpha value is -1.01. The van der Waals surface area contributed by atoms with Crippen molar-refractivity contribution < 1.29 is 18.9 Å². The van der Waals surface area contributed by atoms with Gasteiger partial charge in [-0.2, -0.15) is 12.1 Å². The Morgan fingerprint density at radius 3 is 1.44 bits per heavy atom. The molecule has 0 radical (unpaired) electrons. The van der Waals surface area contributed by atoms with Crippen LogP contribution in [0.15, 0.2) is 72.8 Å². The van der Waals surface area contributed by atoms with Crippen molar-refractivity contribution in [3.8, 4) is 0 Å². The predicted molar refractivity (Wildman–Crippen MR) is 121 cm³/mol. The quantitative estimate of drug-likeness (QED) is 0.257. The first-order valence-electron chi connectivity index (χ1n) is 9.33. The molecule has 0 unspecified atom stereocenters. The molecule has 0 nitrogen and oxygen atoms in total. The number of hydrogen-bond acceptors (Lipinski definition) is 0. The third-order valence-corrected chi connectivity index (χ3v) is 8.05. The van der Waals surface area contributed by atoms with Crippen LogP contribution in [0.2, 0.25) is 0 Å². The van der Waals surface area contributed by atoms with Crippen LogP contribution in [-0.2, 0) is 31.7 Å². The molecule has 0 saturated heterocycles. The maximum absolute atomic E-state index is 5.37. The second-order valence-corrected chi connectivity index (χ2v) is 15.1. The van der Waals surface area contributed by atoms with Gasteiger partial charge < -0.3 is 0 Å². The molecule has 0 N–H and O–H groups in total. The Balaban J connectivity index is 0.000000157. The van der Waals surface area contributed by atoms with E-state index in [0.29, 0.717) is 0 Å². The molecular formula is C24H26Cl2Zr-2. The summed E-state index contributed by atoms with van der Waals surface area (Å²) in [6.07, 6.45) is 2.27. The third-order valence-electron chi connectivity index (χ3n) is 4.39. The van der Waals surface area contributed by atoms with Crippen molar-refractivity contribution in [2.45, 2.75) is 33.6 Å². The molecule has 0 aliphatic heterocycles. The van der Waals surface area contributed by atoms with Crippen LogP contribution in [0.4, 0.5) is 0 Å². The molecule has 0 bridgehead atoms. The molecule has 0 aliphatic rings. The summed E-state index contributed by atoms with van der Waals surface area (Å²) in [6, 6.07) is 26.0. The molecule has 0 aromatic heterocycles. The van der Waals surface area contributed by atoms with Crippen LogP contribution in [0, 0.1) is 0 Å². The summed E-state index contributed by atoms with van der Waals surface area (Å²) in [5, 5.41) is 5.46. The normalized spacial score (nSPS) is 9.96. The minimum absolute atomic E-state index is 1.13. The molecule has 0 fully saturated rings. The molecule has 142 valence electrons. The van der Waals surface area contributed by atoms with Gasteiger partial charge in [0.05, 0.1) is 0 Å². The first-order valence-corrected chi connectivity index (χ1v) is 17.1. The Kier molecular flexibility index (Phi) is 9.70. The number of benzene rings is 2. The van der Waals surface area contributed by atoms with Crippen molar-refractivity contribution in [3.63, 3.8) is 0 Å². The van der Waals surface area contributed by atoms with Gasteiger partial charge in [-0.1, -0.05) is 26.0 Å². The number of fused-ring (bicyclic) bond motifs is 2. The van der Waals surface area contributed by atoms with E-state index in [2.05, 4.69) is 86.6 Å². The van der Waals surface area contributed by atoms with E-state index in [1.54, 1.807) is 0 Å². The standard InChI is InChI=1S/2C11H11.C2H4.2ClH.Zr/c2*1-2-9-7-10-5-3-4-6-11(10)8-9;1-2;;;/h2*3-8H,2H2,1H3;1H,2H3;2*1H;/q2*-1;;;;+2/p-2.